The summed E-state index contributed by atoms with van der Waals surface area (Å²) >= 11 is 0. The van der Waals surface area contributed by atoms with E-state index >= 15 is 0 Å². The van der Waals surface area contributed by atoms with Gasteiger partial charge in [0.05, 0.1) is 6.20 Å². The van der Waals surface area contributed by atoms with E-state index in [1.165, 1.54) is 16.8 Å². The summed E-state index contributed by atoms with van der Waals surface area (Å²) in [7, 11) is 0. The van der Waals surface area contributed by atoms with Gasteiger partial charge in [0.1, 0.15) is 5.82 Å². The maximum absolute atomic E-state index is 13.0. The number of rotatable bonds is 3. The van der Waals surface area contributed by atoms with Crippen LogP contribution >= 0.6 is 0 Å². The van der Waals surface area contributed by atoms with Gasteiger partial charge in [-0.05, 0) is 18.6 Å². The predicted octanol–water partition coefficient (Wildman–Crippen LogP) is 0.559. The fraction of sp³-hybridized carbons (Fsp3) is 0.364. The minimum Gasteiger partial charge on any atom is -0.352 e. The number of hydrogen-bond donors (Lipinski definition) is 2. The molecule has 0 saturated carbocycles. The lowest BCUT2D eigenvalue weighted by Crippen LogP contribution is -2.32. The predicted molar refractivity (Wildman–Crippen MR) is 62.6 cm³/mol. The highest BCUT2D eigenvalue weighted by molar-refractivity contribution is 5.78. The number of hydrogen-bond acceptors (Lipinski definition) is 4. The molecule has 0 aromatic carbocycles. The molecule has 94 valence electrons. The number of nitrogens with zero attached hydrogens (tertiary/aromatic N) is 3. The molecule has 0 bridgehead atoms. The maximum Gasteiger partial charge on any atom is 0.243 e. The van der Waals surface area contributed by atoms with Crippen LogP contribution in [0.4, 0.5) is 10.3 Å². The molecule has 2 aromatic heterocycles. The standard InChI is InChI=1S/C11H12FN5O/c12-7-1-3-9-15-11(16-17(9)6-7)13-5-8-2-4-10(18)14-8/h1,3,6,8H,2,4-5H2,(H,13,16)(H,14,18). The summed E-state index contributed by atoms with van der Waals surface area (Å²) in [6.45, 7) is 0.575. The average molecular weight is 249 g/mol. The summed E-state index contributed by atoms with van der Waals surface area (Å²) < 4.78 is 14.3. The van der Waals surface area contributed by atoms with Crippen molar-refractivity contribution < 1.29 is 9.18 Å². The number of pyridine rings is 1. The van der Waals surface area contributed by atoms with Crippen LogP contribution in [0.5, 0.6) is 0 Å². The monoisotopic (exact) mass is 249 g/mol. The van der Waals surface area contributed by atoms with E-state index < -0.39 is 0 Å². The molecular formula is C11H12FN5O. The summed E-state index contributed by atoms with van der Waals surface area (Å²) in [5, 5.41) is 9.97. The molecule has 1 saturated heterocycles. The van der Waals surface area contributed by atoms with Crippen molar-refractivity contribution in [2.24, 2.45) is 0 Å². The van der Waals surface area contributed by atoms with E-state index in [1.807, 2.05) is 0 Å². The Bertz CT molecular complexity index is 596. The molecule has 0 radical (unpaired) electrons. The van der Waals surface area contributed by atoms with Crippen molar-refractivity contribution in [3.05, 3.63) is 24.1 Å². The number of anilines is 1. The van der Waals surface area contributed by atoms with Gasteiger partial charge < -0.3 is 10.6 Å². The molecule has 3 rings (SSSR count). The minimum absolute atomic E-state index is 0.0758. The van der Waals surface area contributed by atoms with Crippen molar-refractivity contribution in [1.82, 2.24) is 19.9 Å². The third kappa shape index (κ3) is 2.11. The number of nitrogens with one attached hydrogen (secondary N) is 2. The normalized spacial score (nSPS) is 19.2. The topological polar surface area (TPSA) is 71.3 Å². The summed E-state index contributed by atoms with van der Waals surface area (Å²) in [6, 6.07) is 3.01. The molecule has 18 heavy (non-hydrogen) atoms. The second-order valence-electron chi connectivity index (χ2n) is 4.27. The highest BCUT2D eigenvalue weighted by Crippen LogP contribution is 2.09. The number of fused-ring (bicyclic) bond motifs is 1. The quantitative estimate of drug-likeness (QED) is 0.833. The Morgan fingerprint density at radius 1 is 1.56 bits per heavy atom. The first kappa shape index (κ1) is 10.9. The van der Waals surface area contributed by atoms with Crippen molar-refractivity contribution in [1.29, 1.82) is 0 Å². The van der Waals surface area contributed by atoms with Gasteiger partial charge in [0.2, 0.25) is 11.9 Å². The number of halogens is 1. The highest BCUT2D eigenvalue weighted by atomic mass is 19.1. The molecule has 3 heterocycles. The maximum atomic E-state index is 13.0. The summed E-state index contributed by atoms with van der Waals surface area (Å²) in [5.41, 5.74) is 0.578. The zero-order valence-electron chi connectivity index (χ0n) is 9.56. The third-order valence-electron chi connectivity index (χ3n) is 2.89. The molecule has 0 aliphatic carbocycles. The molecule has 1 aliphatic rings. The van der Waals surface area contributed by atoms with Gasteiger partial charge in [-0.3, -0.25) is 4.79 Å². The Morgan fingerprint density at radius 3 is 3.22 bits per heavy atom. The van der Waals surface area contributed by atoms with E-state index in [0.29, 0.717) is 24.6 Å². The Kier molecular flexibility index (Phi) is 2.58. The molecule has 1 atom stereocenters. The van der Waals surface area contributed by atoms with Gasteiger partial charge in [-0.15, -0.1) is 5.10 Å². The smallest absolute Gasteiger partial charge is 0.243 e. The van der Waals surface area contributed by atoms with Crippen molar-refractivity contribution in [2.75, 3.05) is 11.9 Å². The van der Waals surface area contributed by atoms with Gasteiger partial charge in [-0.2, -0.15) is 4.98 Å². The third-order valence-corrected chi connectivity index (χ3v) is 2.89. The average Bonchev–Trinajstić information content (AvgIpc) is 2.92. The Hall–Kier alpha value is -2.18. The molecule has 2 N–H and O–H groups in total. The zero-order chi connectivity index (χ0) is 12.5. The summed E-state index contributed by atoms with van der Waals surface area (Å²) in [6.07, 6.45) is 2.65. The van der Waals surface area contributed by atoms with Crippen LogP contribution in [0.25, 0.3) is 5.65 Å². The Labute approximate surface area is 102 Å². The van der Waals surface area contributed by atoms with Crippen LogP contribution in [-0.4, -0.2) is 33.1 Å². The molecule has 0 spiro atoms. The second kappa shape index (κ2) is 4.25. The molecule has 7 heteroatoms. The number of aromatic nitrogens is 3. The number of amides is 1. The van der Waals surface area contributed by atoms with Crippen LogP contribution in [0.2, 0.25) is 0 Å². The summed E-state index contributed by atoms with van der Waals surface area (Å²) in [4.78, 5) is 15.2. The number of carbonyl (C=O) groups excluding carboxylic acids is 1. The van der Waals surface area contributed by atoms with Crippen LogP contribution in [0.1, 0.15) is 12.8 Å². The first-order valence-corrected chi connectivity index (χ1v) is 5.76. The second-order valence-corrected chi connectivity index (χ2v) is 4.27. The fourth-order valence-corrected chi connectivity index (χ4v) is 1.98. The lowest BCUT2D eigenvalue weighted by atomic mass is 10.2. The molecule has 1 amide bonds. The SMILES string of the molecule is O=C1CCC(CNc2nc3ccc(F)cn3n2)N1. The van der Waals surface area contributed by atoms with Gasteiger partial charge in [0.15, 0.2) is 5.65 Å². The van der Waals surface area contributed by atoms with E-state index in [9.17, 15) is 9.18 Å². The molecule has 1 aliphatic heterocycles. The van der Waals surface area contributed by atoms with E-state index in [-0.39, 0.29) is 17.8 Å². The van der Waals surface area contributed by atoms with Gasteiger partial charge in [0.25, 0.3) is 0 Å². The molecule has 1 unspecified atom stereocenters. The van der Waals surface area contributed by atoms with Crippen molar-refractivity contribution in [2.45, 2.75) is 18.9 Å². The van der Waals surface area contributed by atoms with Crippen LogP contribution < -0.4 is 10.6 Å². The van der Waals surface area contributed by atoms with Gasteiger partial charge >= 0.3 is 0 Å². The van der Waals surface area contributed by atoms with E-state index in [0.717, 1.165) is 6.42 Å². The highest BCUT2D eigenvalue weighted by Gasteiger charge is 2.20. The first-order valence-electron chi connectivity index (χ1n) is 5.76. The largest absolute Gasteiger partial charge is 0.352 e. The van der Waals surface area contributed by atoms with Crippen LogP contribution in [-0.2, 0) is 4.79 Å². The van der Waals surface area contributed by atoms with Crippen molar-refractivity contribution in [3.63, 3.8) is 0 Å². The van der Waals surface area contributed by atoms with Gasteiger partial charge in [0, 0.05) is 19.0 Å². The lowest BCUT2D eigenvalue weighted by molar-refractivity contribution is -0.119. The first-order chi connectivity index (χ1) is 8.70. The van der Waals surface area contributed by atoms with Gasteiger partial charge in [-0.1, -0.05) is 0 Å². The van der Waals surface area contributed by atoms with E-state index in [2.05, 4.69) is 20.7 Å². The van der Waals surface area contributed by atoms with Crippen molar-refractivity contribution in [3.8, 4) is 0 Å². The molecule has 2 aromatic rings. The minimum atomic E-state index is -0.359. The Balaban J connectivity index is 1.69. The molecule has 6 nitrogen and oxygen atoms in total. The molecule has 1 fully saturated rings. The van der Waals surface area contributed by atoms with Crippen LogP contribution in [0.3, 0.4) is 0 Å². The van der Waals surface area contributed by atoms with E-state index in [4.69, 9.17) is 0 Å². The van der Waals surface area contributed by atoms with Gasteiger partial charge in [-0.25, -0.2) is 8.91 Å². The van der Waals surface area contributed by atoms with Crippen molar-refractivity contribution >= 4 is 17.5 Å². The zero-order valence-corrected chi connectivity index (χ0v) is 9.56. The Morgan fingerprint density at radius 2 is 2.44 bits per heavy atom. The fourth-order valence-electron chi connectivity index (χ4n) is 1.98. The van der Waals surface area contributed by atoms with E-state index in [1.54, 1.807) is 6.07 Å². The number of carbonyl (C=O) groups is 1. The van der Waals surface area contributed by atoms with Crippen LogP contribution in [0.15, 0.2) is 18.3 Å². The lowest BCUT2D eigenvalue weighted by Gasteiger charge is -2.09. The molecular weight excluding hydrogens is 237 g/mol. The summed E-state index contributed by atoms with van der Waals surface area (Å²) in [5.74, 6) is 0.149. The van der Waals surface area contributed by atoms with Crippen LogP contribution in [0, 0.1) is 5.82 Å².